The average molecular weight is 186 g/mol. The summed E-state index contributed by atoms with van der Waals surface area (Å²) in [6.45, 7) is 0.423. The van der Waals surface area contributed by atoms with Crippen LogP contribution in [-0.2, 0) is 14.4 Å². The van der Waals surface area contributed by atoms with Gasteiger partial charge in [-0.15, -0.1) is 0 Å². The highest BCUT2D eigenvalue weighted by atomic mass is 16.4. The molecule has 0 aliphatic carbocycles. The number of aliphatic carboxylic acids is 1. The van der Waals surface area contributed by atoms with Gasteiger partial charge in [-0.2, -0.15) is 0 Å². The molecule has 0 atom stereocenters. The van der Waals surface area contributed by atoms with Gasteiger partial charge in [0.15, 0.2) is 0 Å². The molecule has 0 unspecified atom stereocenters. The lowest BCUT2D eigenvalue weighted by molar-refractivity contribution is -0.140. The van der Waals surface area contributed by atoms with E-state index in [4.69, 9.17) is 5.11 Å². The Bertz CT molecular complexity index is 235. The summed E-state index contributed by atoms with van der Waals surface area (Å²) in [4.78, 5) is 33.3. The molecular formula is C7H10N2O4. The molecule has 1 heterocycles. The lowest BCUT2D eigenvalue weighted by Gasteiger charge is -2.24. The first-order valence-corrected chi connectivity index (χ1v) is 3.85. The molecule has 1 saturated heterocycles. The number of nitrogens with one attached hydrogen (secondary N) is 1. The molecule has 2 N–H and O–H groups in total. The fourth-order valence-electron chi connectivity index (χ4n) is 1.11. The third-order valence-electron chi connectivity index (χ3n) is 1.66. The van der Waals surface area contributed by atoms with Gasteiger partial charge in [-0.25, -0.2) is 0 Å². The van der Waals surface area contributed by atoms with Crippen molar-refractivity contribution in [2.24, 2.45) is 0 Å². The standard InChI is InChI=1S/C7H10N2O4/c10-5-3-9(2-1-7(12)13)4-6(11)8-5/h1-4H2,(H,12,13)(H,8,10,11). The number of amides is 2. The zero-order chi connectivity index (χ0) is 9.84. The first kappa shape index (κ1) is 9.66. The number of carbonyl (C=O) groups is 3. The third-order valence-corrected chi connectivity index (χ3v) is 1.66. The van der Waals surface area contributed by atoms with Gasteiger partial charge in [0, 0.05) is 6.54 Å². The number of nitrogens with zero attached hydrogens (tertiary/aromatic N) is 1. The van der Waals surface area contributed by atoms with E-state index in [1.54, 1.807) is 0 Å². The topological polar surface area (TPSA) is 86.7 Å². The van der Waals surface area contributed by atoms with E-state index < -0.39 is 5.97 Å². The van der Waals surface area contributed by atoms with Crippen LogP contribution in [0.25, 0.3) is 0 Å². The summed E-state index contributed by atoms with van der Waals surface area (Å²) in [6, 6.07) is 0. The quantitative estimate of drug-likeness (QED) is 0.519. The summed E-state index contributed by atoms with van der Waals surface area (Å²) in [6.07, 6.45) is -0.0550. The highest BCUT2D eigenvalue weighted by Gasteiger charge is 2.22. The molecule has 6 heteroatoms. The largest absolute Gasteiger partial charge is 0.481 e. The van der Waals surface area contributed by atoms with Crippen molar-refractivity contribution >= 4 is 17.8 Å². The van der Waals surface area contributed by atoms with Crippen molar-refractivity contribution in [3.8, 4) is 0 Å². The van der Waals surface area contributed by atoms with Crippen LogP contribution < -0.4 is 5.32 Å². The van der Waals surface area contributed by atoms with E-state index >= 15 is 0 Å². The second-order valence-electron chi connectivity index (χ2n) is 2.83. The number of imide groups is 1. The van der Waals surface area contributed by atoms with Crippen LogP contribution in [0.2, 0.25) is 0 Å². The minimum atomic E-state index is -0.932. The molecule has 1 aliphatic heterocycles. The van der Waals surface area contributed by atoms with E-state index in [1.165, 1.54) is 4.90 Å². The maximum absolute atomic E-state index is 10.8. The Morgan fingerprint density at radius 3 is 2.38 bits per heavy atom. The minimum absolute atomic E-state index is 0.0550. The molecule has 1 rings (SSSR count). The summed E-state index contributed by atoms with van der Waals surface area (Å²) < 4.78 is 0. The van der Waals surface area contributed by atoms with Gasteiger partial charge in [0.2, 0.25) is 11.8 Å². The van der Waals surface area contributed by atoms with Crippen LogP contribution in [0.3, 0.4) is 0 Å². The molecule has 0 radical (unpaired) electrons. The summed E-state index contributed by atoms with van der Waals surface area (Å²) in [5.74, 6) is -1.68. The lowest BCUT2D eigenvalue weighted by Crippen LogP contribution is -2.51. The van der Waals surface area contributed by atoms with Gasteiger partial charge in [-0.05, 0) is 0 Å². The maximum Gasteiger partial charge on any atom is 0.304 e. The van der Waals surface area contributed by atoms with Gasteiger partial charge in [0.05, 0.1) is 19.5 Å². The molecule has 1 fully saturated rings. The molecule has 13 heavy (non-hydrogen) atoms. The van der Waals surface area contributed by atoms with E-state index in [0.717, 1.165) is 0 Å². The van der Waals surface area contributed by atoms with Gasteiger partial charge in [-0.3, -0.25) is 24.6 Å². The van der Waals surface area contributed by atoms with E-state index in [2.05, 4.69) is 5.32 Å². The van der Waals surface area contributed by atoms with Crippen molar-refractivity contribution in [1.82, 2.24) is 10.2 Å². The smallest absolute Gasteiger partial charge is 0.304 e. The number of hydrogen-bond donors (Lipinski definition) is 2. The molecule has 0 aromatic heterocycles. The first-order valence-electron chi connectivity index (χ1n) is 3.85. The SMILES string of the molecule is O=C(O)CCN1CC(=O)NC(=O)C1. The summed E-state index contributed by atoms with van der Waals surface area (Å²) in [5, 5.41) is 10.5. The molecule has 72 valence electrons. The van der Waals surface area contributed by atoms with Gasteiger partial charge in [-0.1, -0.05) is 0 Å². The number of carbonyl (C=O) groups excluding carboxylic acids is 2. The molecule has 0 bridgehead atoms. The molecule has 0 saturated carbocycles. The van der Waals surface area contributed by atoms with Crippen LogP contribution in [-0.4, -0.2) is 47.4 Å². The van der Waals surface area contributed by atoms with E-state index in [0.29, 0.717) is 0 Å². The van der Waals surface area contributed by atoms with Crippen molar-refractivity contribution in [3.05, 3.63) is 0 Å². The van der Waals surface area contributed by atoms with Crippen LogP contribution in [0.15, 0.2) is 0 Å². The molecule has 0 spiro atoms. The summed E-state index contributed by atoms with van der Waals surface area (Å²) in [7, 11) is 0. The molecule has 0 aromatic carbocycles. The van der Waals surface area contributed by atoms with E-state index in [9.17, 15) is 14.4 Å². The van der Waals surface area contributed by atoms with Gasteiger partial charge in [0.1, 0.15) is 0 Å². The highest BCUT2D eigenvalue weighted by molar-refractivity contribution is 5.99. The van der Waals surface area contributed by atoms with Crippen molar-refractivity contribution in [1.29, 1.82) is 0 Å². The van der Waals surface area contributed by atoms with Crippen molar-refractivity contribution in [2.45, 2.75) is 6.42 Å². The van der Waals surface area contributed by atoms with Crippen molar-refractivity contribution in [3.63, 3.8) is 0 Å². The normalized spacial score (nSPS) is 18.5. The predicted octanol–water partition coefficient (Wildman–Crippen LogP) is -1.58. The Hall–Kier alpha value is -1.43. The van der Waals surface area contributed by atoms with Gasteiger partial charge < -0.3 is 5.11 Å². The Labute approximate surface area is 74.5 Å². The zero-order valence-corrected chi connectivity index (χ0v) is 6.95. The fraction of sp³-hybridized carbons (Fsp3) is 0.571. The number of carboxylic acids is 1. The lowest BCUT2D eigenvalue weighted by atomic mass is 10.3. The zero-order valence-electron chi connectivity index (χ0n) is 6.95. The Morgan fingerprint density at radius 2 is 1.92 bits per heavy atom. The number of hydrogen-bond acceptors (Lipinski definition) is 4. The number of rotatable bonds is 3. The number of piperazine rings is 1. The molecule has 0 aromatic rings. The monoisotopic (exact) mass is 186 g/mol. The highest BCUT2D eigenvalue weighted by Crippen LogP contribution is 1.96. The predicted molar refractivity (Wildman–Crippen MR) is 41.8 cm³/mol. The first-order chi connectivity index (χ1) is 6.08. The average Bonchev–Trinajstić information content (AvgIpc) is 1.99. The second-order valence-corrected chi connectivity index (χ2v) is 2.83. The fourth-order valence-corrected chi connectivity index (χ4v) is 1.11. The maximum atomic E-state index is 10.8. The Morgan fingerprint density at radius 1 is 1.38 bits per heavy atom. The summed E-state index contributed by atoms with van der Waals surface area (Å²) in [5.41, 5.74) is 0. The van der Waals surface area contributed by atoms with Crippen LogP contribution in [0, 0.1) is 0 Å². The van der Waals surface area contributed by atoms with Crippen LogP contribution in [0.1, 0.15) is 6.42 Å². The molecule has 2 amide bonds. The number of carboxylic acid groups (broad SMARTS) is 1. The van der Waals surface area contributed by atoms with E-state index in [1.807, 2.05) is 0 Å². The molecule has 6 nitrogen and oxygen atoms in total. The molecular weight excluding hydrogens is 176 g/mol. The van der Waals surface area contributed by atoms with Gasteiger partial charge in [0.25, 0.3) is 0 Å². The summed E-state index contributed by atoms with van der Waals surface area (Å²) >= 11 is 0. The van der Waals surface area contributed by atoms with Crippen molar-refractivity contribution < 1.29 is 19.5 Å². The Balaban J connectivity index is 2.37. The third kappa shape index (κ3) is 3.20. The second kappa shape index (κ2) is 3.99. The minimum Gasteiger partial charge on any atom is -0.481 e. The van der Waals surface area contributed by atoms with Crippen LogP contribution >= 0.6 is 0 Å². The van der Waals surface area contributed by atoms with Gasteiger partial charge >= 0.3 is 5.97 Å². The van der Waals surface area contributed by atoms with Crippen LogP contribution in [0.4, 0.5) is 0 Å². The van der Waals surface area contributed by atoms with Crippen molar-refractivity contribution in [2.75, 3.05) is 19.6 Å². The molecule has 1 aliphatic rings. The van der Waals surface area contributed by atoms with Crippen LogP contribution in [0.5, 0.6) is 0 Å². The Kier molecular flexibility index (Phi) is 2.97. The van der Waals surface area contributed by atoms with E-state index in [-0.39, 0.29) is 37.9 Å².